The summed E-state index contributed by atoms with van der Waals surface area (Å²) in [4.78, 5) is 11.3. The molecule has 0 atom stereocenters. The average molecular weight is 317 g/mol. The second-order valence-corrected chi connectivity index (χ2v) is 6.62. The number of hydrogen-bond donors (Lipinski definition) is 2. The Morgan fingerprint density at radius 3 is 2.42 bits per heavy atom. The molecule has 3 N–H and O–H groups in total. The monoisotopic (exact) mass is 316 g/mol. The first-order valence-corrected chi connectivity index (χ1v) is 7.80. The molecular formula is C11H9ClN2O3S2. The summed E-state index contributed by atoms with van der Waals surface area (Å²) < 4.78 is 26.5. The van der Waals surface area contributed by atoms with Crippen LogP contribution in [-0.2, 0) is 10.0 Å². The highest BCUT2D eigenvalue weighted by molar-refractivity contribution is 7.92. The Kier molecular flexibility index (Phi) is 3.79. The number of benzene rings is 1. The van der Waals surface area contributed by atoms with Gasteiger partial charge in [0.1, 0.15) is 4.88 Å². The zero-order valence-corrected chi connectivity index (χ0v) is 11.8. The van der Waals surface area contributed by atoms with Gasteiger partial charge in [-0.3, -0.25) is 9.52 Å². The first-order chi connectivity index (χ1) is 8.90. The normalized spacial score (nSPS) is 11.2. The highest BCUT2D eigenvalue weighted by atomic mass is 35.5. The van der Waals surface area contributed by atoms with Gasteiger partial charge in [-0.2, -0.15) is 0 Å². The number of thiophene rings is 1. The lowest BCUT2D eigenvalue weighted by Crippen LogP contribution is -2.16. The van der Waals surface area contributed by atoms with Gasteiger partial charge < -0.3 is 5.73 Å². The number of hydrogen-bond acceptors (Lipinski definition) is 4. The van der Waals surface area contributed by atoms with Crippen LogP contribution in [0.4, 0.5) is 5.69 Å². The highest BCUT2D eigenvalue weighted by Crippen LogP contribution is 2.25. The standard InChI is InChI=1S/C11H9ClN2O3S2/c12-7-1-3-8(4-2-7)19(16,17)14-9-5-6-18-10(9)11(13)15/h1-6,14H,(H2,13,15). The lowest BCUT2D eigenvalue weighted by atomic mass is 10.4. The van der Waals surface area contributed by atoms with Crippen LogP contribution >= 0.6 is 22.9 Å². The van der Waals surface area contributed by atoms with Crippen LogP contribution in [0.3, 0.4) is 0 Å². The fraction of sp³-hybridized carbons (Fsp3) is 0. The number of carbonyl (C=O) groups is 1. The van der Waals surface area contributed by atoms with E-state index in [4.69, 9.17) is 17.3 Å². The Morgan fingerprint density at radius 2 is 1.84 bits per heavy atom. The molecular weight excluding hydrogens is 308 g/mol. The number of anilines is 1. The molecule has 5 nitrogen and oxygen atoms in total. The zero-order valence-electron chi connectivity index (χ0n) is 9.46. The van der Waals surface area contributed by atoms with Gasteiger partial charge in [-0.05, 0) is 35.7 Å². The van der Waals surface area contributed by atoms with Crippen LogP contribution in [0.2, 0.25) is 5.02 Å². The minimum atomic E-state index is -3.77. The summed E-state index contributed by atoms with van der Waals surface area (Å²) in [5.41, 5.74) is 5.33. The van der Waals surface area contributed by atoms with Gasteiger partial charge in [0.25, 0.3) is 15.9 Å². The van der Waals surface area contributed by atoms with Gasteiger partial charge in [-0.1, -0.05) is 11.6 Å². The molecule has 2 aromatic rings. The number of amides is 1. The van der Waals surface area contributed by atoms with Crippen LogP contribution < -0.4 is 10.5 Å². The maximum Gasteiger partial charge on any atom is 0.261 e. The van der Waals surface area contributed by atoms with Gasteiger partial charge in [-0.15, -0.1) is 11.3 Å². The van der Waals surface area contributed by atoms with Crippen LogP contribution in [0.1, 0.15) is 9.67 Å². The first kappa shape index (κ1) is 13.9. The fourth-order valence-corrected chi connectivity index (χ4v) is 3.36. The molecule has 0 spiro atoms. The van der Waals surface area contributed by atoms with Crippen molar-refractivity contribution in [3.8, 4) is 0 Å². The Labute approximate surface area is 119 Å². The van der Waals surface area contributed by atoms with E-state index in [1.54, 1.807) is 5.38 Å². The third kappa shape index (κ3) is 3.06. The summed E-state index contributed by atoms with van der Waals surface area (Å²) in [7, 11) is -3.77. The number of halogens is 1. The number of rotatable bonds is 4. The molecule has 0 aliphatic heterocycles. The average Bonchev–Trinajstić information content (AvgIpc) is 2.77. The van der Waals surface area contributed by atoms with Crippen molar-refractivity contribution in [1.29, 1.82) is 0 Å². The van der Waals surface area contributed by atoms with Crippen LogP contribution in [0.25, 0.3) is 0 Å². The van der Waals surface area contributed by atoms with Gasteiger partial charge in [0, 0.05) is 5.02 Å². The van der Waals surface area contributed by atoms with Crippen molar-refractivity contribution in [2.45, 2.75) is 4.90 Å². The molecule has 0 unspecified atom stereocenters. The molecule has 1 aromatic carbocycles. The van der Waals surface area contributed by atoms with Crippen molar-refractivity contribution in [1.82, 2.24) is 0 Å². The molecule has 8 heteroatoms. The van der Waals surface area contributed by atoms with Crippen molar-refractivity contribution in [3.63, 3.8) is 0 Å². The summed E-state index contributed by atoms with van der Waals surface area (Å²) in [5, 5.41) is 2.02. The molecule has 1 amide bonds. The molecule has 1 aromatic heterocycles. The molecule has 0 saturated carbocycles. The molecule has 0 bridgehead atoms. The predicted molar refractivity (Wildman–Crippen MR) is 75.1 cm³/mol. The summed E-state index contributed by atoms with van der Waals surface area (Å²) >= 11 is 6.77. The van der Waals surface area contributed by atoms with E-state index in [-0.39, 0.29) is 15.5 Å². The zero-order chi connectivity index (χ0) is 14.0. The molecule has 0 fully saturated rings. The van der Waals surface area contributed by atoms with E-state index >= 15 is 0 Å². The Morgan fingerprint density at radius 1 is 1.21 bits per heavy atom. The van der Waals surface area contributed by atoms with Crippen molar-refractivity contribution in [2.24, 2.45) is 5.73 Å². The highest BCUT2D eigenvalue weighted by Gasteiger charge is 2.18. The fourth-order valence-electron chi connectivity index (χ4n) is 1.40. The summed E-state index contributed by atoms with van der Waals surface area (Å²) in [5.74, 6) is -0.677. The lowest BCUT2D eigenvalue weighted by molar-refractivity contribution is 0.100. The second kappa shape index (κ2) is 5.20. The Balaban J connectivity index is 2.34. The molecule has 2 rings (SSSR count). The van der Waals surface area contributed by atoms with Gasteiger partial charge in [0.05, 0.1) is 10.6 Å². The van der Waals surface area contributed by atoms with E-state index in [1.165, 1.54) is 30.3 Å². The van der Waals surface area contributed by atoms with Crippen molar-refractivity contribution in [2.75, 3.05) is 4.72 Å². The molecule has 0 saturated heterocycles. The van der Waals surface area contributed by atoms with Gasteiger partial charge in [0.2, 0.25) is 0 Å². The Bertz CT molecular complexity index is 708. The lowest BCUT2D eigenvalue weighted by Gasteiger charge is -2.07. The maximum absolute atomic E-state index is 12.1. The summed E-state index contributed by atoms with van der Waals surface area (Å²) in [6, 6.07) is 7.18. The topological polar surface area (TPSA) is 89.3 Å². The molecule has 1 heterocycles. The quantitative estimate of drug-likeness (QED) is 0.907. The van der Waals surface area contributed by atoms with Crippen LogP contribution in [-0.4, -0.2) is 14.3 Å². The first-order valence-electron chi connectivity index (χ1n) is 5.06. The minimum Gasteiger partial charge on any atom is -0.365 e. The summed E-state index contributed by atoms with van der Waals surface area (Å²) in [6.07, 6.45) is 0. The largest absolute Gasteiger partial charge is 0.365 e. The van der Waals surface area contributed by atoms with Gasteiger partial charge in [0.15, 0.2) is 0 Å². The number of nitrogens with two attached hydrogens (primary N) is 1. The second-order valence-electron chi connectivity index (χ2n) is 3.59. The predicted octanol–water partition coefficient (Wildman–Crippen LogP) is 2.30. The molecule has 19 heavy (non-hydrogen) atoms. The van der Waals surface area contributed by atoms with E-state index in [1.807, 2.05) is 0 Å². The SMILES string of the molecule is NC(=O)c1sccc1NS(=O)(=O)c1ccc(Cl)cc1. The molecule has 0 aliphatic carbocycles. The minimum absolute atomic E-state index is 0.0542. The van der Waals surface area contributed by atoms with Crippen molar-refractivity contribution in [3.05, 3.63) is 45.6 Å². The van der Waals surface area contributed by atoms with E-state index in [2.05, 4.69) is 4.72 Å². The number of nitrogens with one attached hydrogen (secondary N) is 1. The smallest absolute Gasteiger partial charge is 0.261 e. The van der Waals surface area contributed by atoms with Gasteiger partial charge >= 0.3 is 0 Å². The number of primary amides is 1. The Hall–Kier alpha value is -1.57. The van der Waals surface area contributed by atoms with Crippen molar-refractivity contribution >= 4 is 44.6 Å². The molecule has 0 radical (unpaired) electrons. The number of carbonyl (C=O) groups excluding carboxylic acids is 1. The van der Waals surface area contributed by atoms with E-state index in [0.717, 1.165) is 11.3 Å². The van der Waals surface area contributed by atoms with E-state index in [0.29, 0.717) is 5.02 Å². The van der Waals surface area contributed by atoms with Crippen molar-refractivity contribution < 1.29 is 13.2 Å². The maximum atomic E-state index is 12.1. The third-order valence-electron chi connectivity index (χ3n) is 2.26. The van der Waals surface area contributed by atoms with Crippen LogP contribution in [0.15, 0.2) is 40.6 Å². The third-order valence-corrected chi connectivity index (χ3v) is 4.82. The number of sulfonamides is 1. The van der Waals surface area contributed by atoms with Crippen LogP contribution in [0, 0.1) is 0 Å². The van der Waals surface area contributed by atoms with E-state index in [9.17, 15) is 13.2 Å². The van der Waals surface area contributed by atoms with E-state index < -0.39 is 15.9 Å². The molecule has 0 aliphatic rings. The van der Waals surface area contributed by atoms with Gasteiger partial charge in [-0.25, -0.2) is 8.42 Å². The van der Waals surface area contributed by atoms with Crippen LogP contribution in [0.5, 0.6) is 0 Å². The summed E-state index contributed by atoms with van der Waals surface area (Å²) in [6.45, 7) is 0. The molecule has 100 valence electrons.